The van der Waals surface area contributed by atoms with E-state index in [0.29, 0.717) is 48.4 Å². The minimum atomic E-state index is -0.706. The van der Waals surface area contributed by atoms with Crippen LogP contribution in [0.15, 0.2) is 78.9 Å². The van der Waals surface area contributed by atoms with Gasteiger partial charge in [-0.2, -0.15) is 0 Å². The van der Waals surface area contributed by atoms with Gasteiger partial charge in [0.25, 0.3) is 5.91 Å². The SMILES string of the molecule is CNC(=O)C(CCC=O)N1Cc2cc3c(cc2C1=O)OCC1CN(CC2CCN(c4ccc(C5c6ccc(O)cc6OCC5c5ccccc5)cc4F)CC2)CCN31. The molecule has 0 aromatic heterocycles. The predicted molar refractivity (Wildman–Crippen MR) is 219 cm³/mol. The summed E-state index contributed by atoms with van der Waals surface area (Å²) in [7, 11) is 1.55. The van der Waals surface area contributed by atoms with Crippen LogP contribution in [0.3, 0.4) is 0 Å². The average Bonchev–Trinajstić information content (AvgIpc) is 3.57. The minimum absolute atomic E-state index is 0.00311. The highest BCUT2D eigenvalue weighted by atomic mass is 19.1. The Bertz CT molecular complexity index is 2190. The van der Waals surface area contributed by atoms with E-state index in [2.05, 4.69) is 44.3 Å². The number of hydrogen-bond acceptors (Lipinski definition) is 9. The van der Waals surface area contributed by atoms with Crippen molar-refractivity contribution in [3.05, 3.63) is 112 Å². The van der Waals surface area contributed by atoms with Crippen LogP contribution in [0.4, 0.5) is 15.8 Å². The fraction of sp³-hybridized carbons (Fsp3) is 0.413. The maximum Gasteiger partial charge on any atom is 0.255 e. The van der Waals surface area contributed by atoms with Crippen molar-refractivity contribution >= 4 is 29.5 Å². The third-order valence-electron chi connectivity index (χ3n) is 13.0. The molecule has 5 aliphatic rings. The van der Waals surface area contributed by atoms with E-state index < -0.39 is 6.04 Å². The molecule has 4 unspecified atom stereocenters. The summed E-state index contributed by atoms with van der Waals surface area (Å²) in [6.07, 6.45) is 3.23. The van der Waals surface area contributed by atoms with Crippen LogP contribution in [0.2, 0.25) is 0 Å². The predicted octanol–water partition coefficient (Wildman–Crippen LogP) is 5.69. The fourth-order valence-corrected chi connectivity index (χ4v) is 9.99. The number of carbonyl (C=O) groups is 3. The Kier molecular flexibility index (Phi) is 10.4. The van der Waals surface area contributed by atoms with Crippen LogP contribution >= 0.6 is 0 Å². The van der Waals surface area contributed by atoms with Crippen molar-refractivity contribution in [1.82, 2.24) is 15.1 Å². The molecule has 4 aromatic carbocycles. The Balaban J connectivity index is 0.824. The Morgan fingerprint density at radius 2 is 1.74 bits per heavy atom. The van der Waals surface area contributed by atoms with Crippen LogP contribution in [0, 0.1) is 11.7 Å². The number of benzene rings is 4. The van der Waals surface area contributed by atoms with Crippen LogP contribution in [0.25, 0.3) is 0 Å². The van der Waals surface area contributed by atoms with Gasteiger partial charge < -0.3 is 39.4 Å². The zero-order valence-corrected chi connectivity index (χ0v) is 32.8. The Morgan fingerprint density at radius 3 is 2.52 bits per heavy atom. The van der Waals surface area contributed by atoms with Gasteiger partial charge in [-0.3, -0.25) is 14.5 Å². The quantitative estimate of drug-likeness (QED) is 0.196. The maximum absolute atomic E-state index is 16.1. The van der Waals surface area contributed by atoms with Gasteiger partial charge in [-0.1, -0.05) is 42.5 Å². The van der Waals surface area contributed by atoms with Gasteiger partial charge in [0.1, 0.15) is 42.0 Å². The molecule has 5 aliphatic heterocycles. The van der Waals surface area contributed by atoms with Crippen molar-refractivity contribution < 1.29 is 33.4 Å². The second-order valence-electron chi connectivity index (χ2n) is 16.4. The normalized spacial score (nSPS) is 22.2. The van der Waals surface area contributed by atoms with E-state index in [9.17, 15) is 19.5 Å². The number of phenolic OH excluding ortho intramolecular Hbond substituents is 1. The van der Waals surface area contributed by atoms with Crippen molar-refractivity contribution in [1.29, 1.82) is 0 Å². The van der Waals surface area contributed by atoms with E-state index in [-0.39, 0.29) is 54.1 Å². The molecule has 11 nitrogen and oxygen atoms in total. The molecule has 9 rings (SSSR count). The molecule has 0 spiro atoms. The Morgan fingerprint density at radius 1 is 0.931 bits per heavy atom. The molecule has 0 bridgehead atoms. The number of hydrogen-bond donors (Lipinski definition) is 2. The lowest BCUT2D eigenvalue weighted by atomic mass is 9.76. The molecule has 302 valence electrons. The fourth-order valence-electron chi connectivity index (χ4n) is 9.99. The molecule has 2 fully saturated rings. The minimum Gasteiger partial charge on any atom is -0.508 e. The highest BCUT2D eigenvalue weighted by molar-refractivity contribution is 6.02. The van der Waals surface area contributed by atoms with Crippen molar-refractivity contribution in [3.8, 4) is 17.2 Å². The van der Waals surface area contributed by atoms with Gasteiger partial charge in [0.15, 0.2) is 0 Å². The molecule has 0 aliphatic carbocycles. The lowest BCUT2D eigenvalue weighted by molar-refractivity contribution is -0.125. The Hall–Kier alpha value is -5.62. The van der Waals surface area contributed by atoms with Crippen LogP contribution in [-0.4, -0.2) is 105 Å². The molecule has 5 heterocycles. The summed E-state index contributed by atoms with van der Waals surface area (Å²) in [6, 6.07) is 24.5. The van der Waals surface area contributed by atoms with E-state index >= 15 is 4.39 Å². The van der Waals surface area contributed by atoms with E-state index in [4.69, 9.17) is 9.47 Å². The number of anilines is 2. The van der Waals surface area contributed by atoms with Crippen molar-refractivity contribution in [3.63, 3.8) is 0 Å². The number of rotatable bonds is 10. The lowest BCUT2D eigenvalue weighted by Gasteiger charge is -2.47. The Labute approximate surface area is 338 Å². The standard InChI is InChI=1S/C46H50FN5O6/c1-48-45(55)40(8-5-19-53)52-25-32-21-41-43(23-36(32)46(52)56)57-27-33-26-49(17-18-51(33)41)24-29-13-15-50(16-14-29)39-12-9-31(20-38(39)47)44-35-11-10-34(54)22-42(35)58-28-37(44)30-6-3-2-4-7-30/h2-4,6-7,9-12,19-23,29,33,37,40,44,54H,5,8,13-18,24-28H2,1H3,(H,48,55). The number of nitrogens with zero attached hydrogens (tertiary/aromatic N) is 4. The zero-order chi connectivity index (χ0) is 39.9. The van der Waals surface area contributed by atoms with Gasteiger partial charge in [0.05, 0.1) is 24.0 Å². The maximum atomic E-state index is 16.1. The van der Waals surface area contributed by atoms with Gasteiger partial charge in [-0.05, 0) is 72.2 Å². The molecule has 2 N–H and O–H groups in total. The van der Waals surface area contributed by atoms with Crippen LogP contribution in [-0.2, 0) is 16.1 Å². The van der Waals surface area contributed by atoms with Crippen LogP contribution in [0.1, 0.15) is 70.1 Å². The highest BCUT2D eigenvalue weighted by Gasteiger charge is 2.40. The first-order valence-electron chi connectivity index (χ1n) is 20.6. The molecular formula is C46H50FN5O6. The largest absolute Gasteiger partial charge is 0.508 e. The second kappa shape index (κ2) is 16.0. The van der Waals surface area contributed by atoms with Gasteiger partial charge in [-0.25, -0.2) is 4.39 Å². The van der Waals surface area contributed by atoms with E-state index in [1.165, 1.54) is 0 Å². The molecule has 2 saturated heterocycles. The third-order valence-corrected chi connectivity index (χ3v) is 13.0. The first kappa shape index (κ1) is 37.9. The second-order valence-corrected chi connectivity index (χ2v) is 16.4. The number of aromatic hydroxyl groups is 1. The molecular weight excluding hydrogens is 738 g/mol. The summed E-state index contributed by atoms with van der Waals surface area (Å²) < 4.78 is 28.5. The number of piperidine rings is 1. The summed E-state index contributed by atoms with van der Waals surface area (Å²) >= 11 is 0. The summed E-state index contributed by atoms with van der Waals surface area (Å²) in [5.41, 5.74) is 6.05. The molecule has 4 atom stereocenters. The number of halogens is 1. The third kappa shape index (κ3) is 7.12. The molecule has 58 heavy (non-hydrogen) atoms. The molecule has 0 saturated carbocycles. The van der Waals surface area contributed by atoms with Gasteiger partial charge in [0, 0.05) is 88.3 Å². The number of amides is 2. The number of ether oxygens (including phenoxy) is 2. The molecule has 4 aromatic rings. The van der Waals surface area contributed by atoms with E-state index in [1.54, 1.807) is 30.1 Å². The molecule has 12 heteroatoms. The number of nitrogens with one attached hydrogen (secondary N) is 1. The summed E-state index contributed by atoms with van der Waals surface area (Å²) in [6.45, 7) is 6.50. The number of likely N-dealkylation sites (N-methyl/N-ethyl adjacent to an activating group) is 1. The average molecular weight is 788 g/mol. The number of aldehydes is 1. The molecule has 2 amide bonds. The van der Waals surface area contributed by atoms with Crippen molar-refractivity contribution in [2.24, 2.45) is 5.92 Å². The summed E-state index contributed by atoms with van der Waals surface area (Å²) in [5, 5.41) is 12.8. The highest BCUT2D eigenvalue weighted by Crippen LogP contribution is 2.48. The van der Waals surface area contributed by atoms with E-state index in [0.717, 1.165) is 86.3 Å². The zero-order valence-electron chi connectivity index (χ0n) is 32.8. The van der Waals surface area contributed by atoms with Gasteiger partial charge >= 0.3 is 0 Å². The topological polar surface area (TPSA) is 115 Å². The van der Waals surface area contributed by atoms with Gasteiger partial charge in [-0.15, -0.1) is 0 Å². The number of fused-ring (bicyclic) bond motifs is 5. The number of carbonyl (C=O) groups excluding carboxylic acids is 3. The van der Waals surface area contributed by atoms with Crippen molar-refractivity contribution in [2.45, 2.75) is 56.1 Å². The van der Waals surface area contributed by atoms with Crippen LogP contribution in [0.5, 0.6) is 17.2 Å². The smallest absolute Gasteiger partial charge is 0.255 e. The van der Waals surface area contributed by atoms with Gasteiger partial charge in [0.2, 0.25) is 5.91 Å². The first-order chi connectivity index (χ1) is 28.3. The number of piperazine rings is 1. The lowest BCUT2D eigenvalue weighted by Crippen LogP contribution is -2.58. The van der Waals surface area contributed by atoms with Crippen LogP contribution < -0.4 is 24.6 Å². The summed E-state index contributed by atoms with van der Waals surface area (Å²) in [5.74, 6) is 1.19. The monoisotopic (exact) mass is 787 g/mol. The number of phenols is 1. The first-order valence-corrected chi connectivity index (χ1v) is 20.6. The van der Waals surface area contributed by atoms with E-state index in [1.807, 2.05) is 36.4 Å². The molecule has 0 radical (unpaired) electrons. The summed E-state index contributed by atoms with van der Waals surface area (Å²) in [4.78, 5) is 45.9. The van der Waals surface area contributed by atoms with Crippen molar-refractivity contribution in [2.75, 3.05) is 69.3 Å².